The third-order valence-corrected chi connectivity index (χ3v) is 3.01. The van der Waals surface area contributed by atoms with E-state index in [9.17, 15) is 14.9 Å². The van der Waals surface area contributed by atoms with Gasteiger partial charge in [0.25, 0.3) is 5.91 Å². The minimum atomic E-state index is -0.684. The molecule has 8 heteroatoms. The van der Waals surface area contributed by atoms with Gasteiger partial charge in [-0.2, -0.15) is 0 Å². The van der Waals surface area contributed by atoms with Crippen molar-refractivity contribution in [3.8, 4) is 0 Å². The topological polar surface area (TPSA) is 79.6 Å². The van der Waals surface area contributed by atoms with Crippen LogP contribution in [0.25, 0.3) is 0 Å². The first-order chi connectivity index (χ1) is 9.34. The lowest BCUT2D eigenvalue weighted by Gasteiger charge is -2.18. The molecule has 110 valence electrons. The lowest BCUT2D eigenvalue weighted by atomic mass is 10.2. The van der Waals surface area contributed by atoms with Crippen LogP contribution in [0.2, 0.25) is 5.15 Å². The van der Waals surface area contributed by atoms with Crippen molar-refractivity contribution in [2.75, 3.05) is 34.2 Å². The highest BCUT2D eigenvalue weighted by molar-refractivity contribution is 6.32. The SMILES string of the molecule is CN(C)CCCN(C)C(=O)c1ccnc(Cl)c1[N+](=O)[O-]. The van der Waals surface area contributed by atoms with Gasteiger partial charge in [0.05, 0.1) is 4.92 Å². The third kappa shape index (κ3) is 4.14. The van der Waals surface area contributed by atoms with Gasteiger partial charge in [-0.25, -0.2) is 4.98 Å². The van der Waals surface area contributed by atoms with Crippen LogP contribution in [-0.4, -0.2) is 59.8 Å². The monoisotopic (exact) mass is 300 g/mol. The average Bonchev–Trinajstić information content (AvgIpc) is 2.36. The van der Waals surface area contributed by atoms with E-state index >= 15 is 0 Å². The number of nitrogens with zero attached hydrogens (tertiary/aromatic N) is 4. The highest BCUT2D eigenvalue weighted by atomic mass is 35.5. The molecule has 0 aliphatic heterocycles. The summed E-state index contributed by atoms with van der Waals surface area (Å²) in [5.41, 5.74) is -0.485. The maximum atomic E-state index is 12.2. The van der Waals surface area contributed by atoms with Crippen LogP contribution >= 0.6 is 11.6 Å². The molecule has 0 aromatic carbocycles. The molecular weight excluding hydrogens is 284 g/mol. The summed E-state index contributed by atoms with van der Waals surface area (Å²) in [6.07, 6.45) is 2.07. The predicted octanol–water partition coefficient (Wildman–Crippen LogP) is 1.67. The molecule has 0 N–H and O–H groups in total. The van der Waals surface area contributed by atoms with Crippen molar-refractivity contribution < 1.29 is 9.72 Å². The van der Waals surface area contributed by atoms with Crippen LogP contribution in [0.1, 0.15) is 16.8 Å². The molecule has 0 radical (unpaired) electrons. The molecule has 1 heterocycles. The van der Waals surface area contributed by atoms with Gasteiger partial charge >= 0.3 is 5.69 Å². The van der Waals surface area contributed by atoms with E-state index in [0.29, 0.717) is 6.54 Å². The normalized spacial score (nSPS) is 10.7. The highest BCUT2D eigenvalue weighted by Crippen LogP contribution is 2.26. The van der Waals surface area contributed by atoms with E-state index in [-0.39, 0.29) is 10.7 Å². The Morgan fingerprint density at radius 1 is 1.40 bits per heavy atom. The Kier molecular flexibility index (Phi) is 5.84. The fraction of sp³-hybridized carbons (Fsp3) is 0.500. The zero-order valence-corrected chi connectivity index (χ0v) is 12.4. The van der Waals surface area contributed by atoms with Gasteiger partial charge in [0.15, 0.2) is 0 Å². The van der Waals surface area contributed by atoms with E-state index in [0.717, 1.165) is 13.0 Å². The summed E-state index contributed by atoms with van der Waals surface area (Å²) < 4.78 is 0. The summed E-state index contributed by atoms with van der Waals surface area (Å²) in [5.74, 6) is -0.431. The molecule has 7 nitrogen and oxygen atoms in total. The fourth-order valence-corrected chi connectivity index (χ4v) is 1.93. The van der Waals surface area contributed by atoms with Crippen molar-refractivity contribution in [2.45, 2.75) is 6.42 Å². The number of aromatic nitrogens is 1. The number of pyridine rings is 1. The van der Waals surface area contributed by atoms with Crippen LogP contribution in [0.4, 0.5) is 5.69 Å². The summed E-state index contributed by atoms with van der Waals surface area (Å²) in [4.78, 5) is 29.6. The summed E-state index contributed by atoms with van der Waals surface area (Å²) >= 11 is 5.69. The lowest BCUT2D eigenvalue weighted by molar-refractivity contribution is -0.385. The number of hydrogen-bond donors (Lipinski definition) is 0. The van der Waals surface area contributed by atoms with Gasteiger partial charge in [-0.3, -0.25) is 14.9 Å². The second kappa shape index (κ2) is 7.16. The van der Waals surface area contributed by atoms with Crippen molar-refractivity contribution >= 4 is 23.2 Å². The van der Waals surface area contributed by atoms with Gasteiger partial charge in [-0.1, -0.05) is 11.6 Å². The number of amides is 1. The Labute approximate surface area is 122 Å². The predicted molar refractivity (Wildman–Crippen MR) is 76.0 cm³/mol. The third-order valence-electron chi connectivity index (χ3n) is 2.74. The first-order valence-electron chi connectivity index (χ1n) is 6.03. The van der Waals surface area contributed by atoms with Crippen molar-refractivity contribution in [3.63, 3.8) is 0 Å². The second-order valence-electron chi connectivity index (χ2n) is 4.64. The van der Waals surface area contributed by atoms with Crippen LogP contribution in [0.5, 0.6) is 0 Å². The van der Waals surface area contributed by atoms with Crippen LogP contribution in [0.15, 0.2) is 12.3 Å². The first-order valence-corrected chi connectivity index (χ1v) is 6.41. The summed E-state index contributed by atoms with van der Waals surface area (Å²) in [7, 11) is 5.49. The smallest absolute Gasteiger partial charge is 0.319 e. The van der Waals surface area contributed by atoms with Crippen LogP contribution in [-0.2, 0) is 0 Å². The molecule has 1 aromatic heterocycles. The molecule has 1 aromatic rings. The molecule has 0 saturated carbocycles. The van der Waals surface area contributed by atoms with Crippen molar-refractivity contribution in [1.82, 2.24) is 14.8 Å². The molecule has 1 amide bonds. The molecule has 0 bridgehead atoms. The van der Waals surface area contributed by atoms with E-state index in [1.54, 1.807) is 7.05 Å². The van der Waals surface area contributed by atoms with E-state index in [2.05, 4.69) is 4.98 Å². The molecule has 20 heavy (non-hydrogen) atoms. The van der Waals surface area contributed by atoms with Crippen molar-refractivity contribution in [1.29, 1.82) is 0 Å². The summed E-state index contributed by atoms with van der Waals surface area (Å²) in [6.45, 7) is 1.34. The van der Waals surface area contributed by atoms with E-state index < -0.39 is 16.5 Å². The van der Waals surface area contributed by atoms with Crippen LogP contribution in [0.3, 0.4) is 0 Å². The largest absolute Gasteiger partial charge is 0.341 e. The number of rotatable bonds is 6. The second-order valence-corrected chi connectivity index (χ2v) is 5.00. The van der Waals surface area contributed by atoms with Gasteiger partial charge in [-0.05, 0) is 33.1 Å². The van der Waals surface area contributed by atoms with Gasteiger partial charge in [0, 0.05) is 19.8 Å². The number of carbonyl (C=O) groups is 1. The van der Waals surface area contributed by atoms with Gasteiger partial charge < -0.3 is 9.80 Å². The molecule has 1 rings (SSSR count). The molecule has 0 saturated heterocycles. The molecule has 0 unspecified atom stereocenters. The number of carbonyl (C=O) groups excluding carboxylic acids is 1. The summed E-state index contributed by atoms with van der Waals surface area (Å²) in [5, 5.41) is 10.7. The minimum absolute atomic E-state index is 0.0395. The average molecular weight is 301 g/mol. The van der Waals surface area contributed by atoms with Crippen LogP contribution in [0, 0.1) is 10.1 Å². The number of nitro groups is 1. The molecule has 0 aliphatic rings. The summed E-state index contributed by atoms with van der Waals surface area (Å²) in [6, 6.07) is 1.31. The molecule has 0 atom stereocenters. The van der Waals surface area contributed by atoms with Gasteiger partial charge in [0.1, 0.15) is 5.56 Å². The van der Waals surface area contributed by atoms with Gasteiger partial charge in [0.2, 0.25) is 5.15 Å². The first kappa shape index (κ1) is 16.3. The Morgan fingerprint density at radius 2 is 2.05 bits per heavy atom. The number of hydrogen-bond acceptors (Lipinski definition) is 5. The van der Waals surface area contributed by atoms with Crippen LogP contribution < -0.4 is 0 Å². The Hall–Kier alpha value is -1.73. The quantitative estimate of drug-likeness (QED) is 0.453. The zero-order valence-electron chi connectivity index (χ0n) is 11.7. The Morgan fingerprint density at radius 3 is 2.60 bits per heavy atom. The molecule has 0 fully saturated rings. The van der Waals surface area contributed by atoms with E-state index in [1.807, 2.05) is 19.0 Å². The molecule has 0 aliphatic carbocycles. The van der Waals surface area contributed by atoms with E-state index in [4.69, 9.17) is 11.6 Å². The Balaban J connectivity index is 2.87. The fourth-order valence-electron chi connectivity index (χ4n) is 1.71. The maximum absolute atomic E-state index is 12.2. The van der Waals surface area contributed by atoms with E-state index in [1.165, 1.54) is 17.2 Å². The van der Waals surface area contributed by atoms with Crippen molar-refractivity contribution in [3.05, 3.63) is 33.1 Å². The van der Waals surface area contributed by atoms with Crippen molar-refractivity contribution in [2.24, 2.45) is 0 Å². The molecule has 0 spiro atoms. The number of halogens is 1. The minimum Gasteiger partial charge on any atom is -0.341 e. The lowest BCUT2D eigenvalue weighted by Crippen LogP contribution is -2.30. The maximum Gasteiger partial charge on any atom is 0.319 e. The zero-order chi connectivity index (χ0) is 15.3. The molecular formula is C12H17ClN4O3. The highest BCUT2D eigenvalue weighted by Gasteiger charge is 2.26. The van der Waals surface area contributed by atoms with Gasteiger partial charge in [-0.15, -0.1) is 0 Å². The standard InChI is InChI=1S/C12H17ClN4O3/c1-15(2)7-4-8-16(3)12(18)9-5-6-14-11(13)10(9)17(19)20/h5-6H,4,7-8H2,1-3H3. The Bertz CT molecular complexity index is 507.